The third-order valence-corrected chi connectivity index (χ3v) is 1.64. The van der Waals surface area contributed by atoms with Gasteiger partial charge in [0.25, 0.3) is 0 Å². The Morgan fingerprint density at radius 2 is 2.14 bits per heavy atom. The fraction of sp³-hybridized carbons (Fsp3) is 0.455. The van der Waals surface area contributed by atoms with E-state index in [1.165, 1.54) is 0 Å². The van der Waals surface area contributed by atoms with Gasteiger partial charge in [-0.05, 0) is 12.3 Å². The molecule has 0 aliphatic rings. The zero-order valence-electron chi connectivity index (χ0n) is 8.79. The van der Waals surface area contributed by atoms with Crippen molar-refractivity contribution in [2.24, 2.45) is 5.92 Å². The van der Waals surface area contributed by atoms with Crippen molar-refractivity contribution in [3.05, 3.63) is 30.3 Å². The Bertz CT molecular complexity index is 214. The van der Waals surface area contributed by atoms with Crippen molar-refractivity contribution < 1.29 is 21.7 Å². The monoisotopic (exact) mass is 266 g/mol. The number of benzene rings is 1. The Hall–Kier alpha value is 0.266. The SMILES string of the molecule is CC(C)CCOc1c[c-]ccc1.[Br-].[Mg+2]. The topological polar surface area (TPSA) is 9.23 Å². The van der Waals surface area contributed by atoms with Crippen LogP contribution in [0.15, 0.2) is 24.3 Å². The van der Waals surface area contributed by atoms with Crippen LogP contribution >= 0.6 is 0 Å². The van der Waals surface area contributed by atoms with Gasteiger partial charge in [-0.15, -0.1) is 12.1 Å². The van der Waals surface area contributed by atoms with E-state index in [2.05, 4.69) is 19.9 Å². The first-order chi connectivity index (χ1) is 5.79. The predicted octanol–water partition coefficient (Wildman–Crippen LogP) is -0.465. The van der Waals surface area contributed by atoms with Gasteiger partial charge in [0.2, 0.25) is 0 Å². The summed E-state index contributed by atoms with van der Waals surface area (Å²) in [4.78, 5) is 0. The maximum Gasteiger partial charge on any atom is 2.00 e. The number of hydrogen-bond donors (Lipinski definition) is 0. The summed E-state index contributed by atoms with van der Waals surface area (Å²) in [5.41, 5.74) is 0. The summed E-state index contributed by atoms with van der Waals surface area (Å²) in [7, 11) is 0. The molecule has 1 rings (SSSR count). The van der Waals surface area contributed by atoms with Crippen molar-refractivity contribution in [3.8, 4) is 5.75 Å². The molecule has 0 atom stereocenters. The van der Waals surface area contributed by atoms with Gasteiger partial charge >= 0.3 is 23.1 Å². The molecule has 0 aromatic heterocycles. The normalized spacial score (nSPS) is 8.79. The van der Waals surface area contributed by atoms with Crippen molar-refractivity contribution in [1.82, 2.24) is 0 Å². The van der Waals surface area contributed by atoms with Crippen molar-refractivity contribution in [1.29, 1.82) is 0 Å². The molecule has 0 unspecified atom stereocenters. The molecule has 1 aromatic rings. The third kappa shape index (κ3) is 7.65. The molecule has 0 bridgehead atoms. The van der Waals surface area contributed by atoms with Crippen LogP contribution in [0.3, 0.4) is 0 Å². The molecule has 0 spiro atoms. The number of halogens is 1. The Labute approximate surface area is 113 Å². The van der Waals surface area contributed by atoms with Gasteiger partial charge in [0, 0.05) is 5.75 Å². The summed E-state index contributed by atoms with van der Waals surface area (Å²) in [6.07, 6.45) is 1.11. The standard InChI is InChI=1S/C11H15O.BrH.Mg/c1-10(2)8-9-12-11-6-4-3-5-7-11;;/h3-4,6-7,10H,8-9H2,1-2H3;1H;/q-1;;+2/p-1. The van der Waals surface area contributed by atoms with E-state index < -0.39 is 0 Å². The Morgan fingerprint density at radius 3 is 2.64 bits per heavy atom. The van der Waals surface area contributed by atoms with Gasteiger partial charge in [-0.25, -0.2) is 0 Å². The second-order valence-corrected chi connectivity index (χ2v) is 3.27. The molecular formula is C11H15BrMgO. The van der Waals surface area contributed by atoms with Crippen LogP contribution in [0.2, 0.25) is 0 Å². The average molecular weight is 267 g/mol. The van der Waals surface area contributed by atoms with Crippen molar-refractivity contribution in [2.45, 2.75) is 20.3 Å². The van der Waals surface area contributed by atoms with Crippen molar-refractivity contribution >= 4 is 23.1 Å². The van der Waals surface area contributed by atoms with Crippen LogP contribution < -0.4 is 21.7 Å². The molecule has 0 saturated carbocycles. The molecule has 14 heavy (non-hydrogen) atoms. The van der Waals surface area contributed by atoms with Crippen LogP contribution in [-0.2, 0) is 0 Å². The van der Waals surface area contributed by atoms with E-state index in [9.17, 15) is 0 Å². The Balaban J connectivity index is 0. The first-order valence-electron chi connectivity index (χ1n) is 4.38. The fourth-order valence-corrected chi connectivity index (χ4v) is 0.879. The minimum Gasteiger partial charge on any atom is -1.00 e. The van der Waals surface area contributed by atoms with Crippen LogP contribution in [0, 0.1) is 12.0 Å². The molecule has 0 fully saturated rings. The molecule has 74 valence electrons. The third-order valence-electron chi connectivity index (χ3n) is 1.64. The van der Waals surface area contributed by atoms with Crippen LogP contribution in [0.5, 0.6) is 5.75 Å². The Morgan fingerprint density at radius 1 is 1.43 bits per heavy atom. The van der Waals surface area contributed by atoms with Crippen LogP contribution in [-0.4, -0.2) is 29.7 Å². The van der Waals surface area contributed by atoms with Crippen molar-refractivity contribution in [3.63, 3.8) is 0 Å². The van der Waals surface area contributed by atoms with Gasteiger partial charge in [0.05, 0.1) is 6.61 Å². The molecule has 0 saturated heterocycles. The van der Waals surface area contributed by atoms with E-state index in [1.807, 2.05) is 24.3 Å². The molecule has 3 heteroatoms. The molecule has 0 N–H and O–H groups in total. The summed E-state index contributed by atoms with van der Waals surface area (Å²) in [5, 5.41) is 0. The smallest absolute Gasteiger partial charge is 1.00 e. The quantitative estimate of drug-likeness (QED) is 0.530. The van der Waals surface area contributed by atoms with Crippen LogP contribution in [0.1, 0.15) is 20.3 Å². The molecular weight excluding hydrogens is 252 g/mol. The van der Waals surface area contributed by atoms with Gasteiger partial charge in [0.15, 0.2) is 0 Å². The summed E-state index contributed by atoms with van der Waals surface area (Å²) in [6, 6.07) is 10.6. The number of hydrogen-bond acceptors (Lipinski definition) is 1. The average Bonchev–Trinajstić information content (AvgIpc) is 2.05. The van der Waals surface area contributed by atoms with Gasteiger partial charge in [-0.1, -0.05) is 13.8 Å². The van der Waals surface area contributed by atoms with Gasteiger partial charge in [0.1, 0.15) is 0 Å². The summed E-state index contributed by atoms with van der Waals surface area (Å²) in [6.45, 7) is 5.19. The second-order valence-electron chi connectivity index (χ2n) is 3.27. The van der Waals surface area contributed by atoms with E-state index in [0.717, 1.165) is 18.8 Å². The van der Waals surface area contributed by atoms with E-state index in [1.54, 1.807) is 0 Å². The van der Waals surface area contributed by atoms with Gasteiger partial charge < -0.3 is 21.7 Å². The van der Waals surface area contributed by atoms with E-state index in [-0.39, 0.29) is 40.0 Å². The van der Waals surface area contributed by atoms with E-state index >= 15 is 0 Å². The molecule has 1 nitrogen and oxygen atoms in total. The molecule has 0 heterocycles. The zero-order chi connectivity index (χ0) is 8.81. The predicted molar refractivity (Wildman–Crippen MR) is 56.0 cm³/mol. The van der Waals surface area contributed by atoms with Crippen LogP contribution in [0.4, 0.5) is 0 Å². The van der Waals surface area contributed by atoms with Crippen LogP contribution in [0.25, 0.3) is 0 Å². The van der Waals surface area contributed by atoms with Gasteiger partial charge in [-0.3, -0.25) is 0 Å². The van der Waals surface area contributed by atoms with Crippen molar-refractivity contribution in [2.75, 3.05) is 6.61 Å². The molecule has 0 aliphatic heterocycles. The second kappa shape index (κ2) is 9.81. The zero-order valence-corrected chi connectivity index (χ0v) is 11.8. The van der Waals surface area contributed by atoms with E-state index in [0.29, 0.717) is 5.92 Å². The largest absolute Gasteiger partial charge is 2.00 e. The summed E-state index contributed by atoms with van der Waals surface area (Å²) < 4.78 is 5.49. The molecule has 0 radical (unpaired) electrons. The van der Waals surface area contributed by atoms with E-state index in [4.69, 9.17) is 4.74 Å². The minimum atomic E-state index is 0. The molecule has 1 aromatic carbocycles. The molecule has 0 aliphatic carbocycles. The summed E-state index contributed by atoms with van der Waals surface area (Å²) >= 11 is 0. The number of ether oxygens (including phenoxy) is 1. The minimum absolute atomic E-state index is 0. The maximum absolute atomic E-state index is 5.49. The fourth-order valence-electron chi connectivity index (χ4n) is 0.879. The summed E-state index contributed by atoms with van der Waals surface area (Å²) in [5.74, 6) is 1.62. The molecule has 0 amide bonds. The maximum atomic E-state index is 5.49. The number of rotatable bonds is 4. The first-order valence-corrected chi connectivity index (χ1v) is 4.38. The van der Waals surface area contributed by atoms with Gasteiger partial charge in [-0.2, -0.15) is 18.2 Å². The first kappa shape index (κ1) is 16.7. The Kier molecular flexibility index (Phi) is 11.7.